The number of amides is 1. The van der Waals surface area contributed by atoms with Crippen molar-refractivity contribution in [2.75, 3.05) is 13.2 Å². The highest BCUT2D eigenvalue weighted by molar-refractivity contribution is 5.96. The molecule has 3 heterocycles. The lowest BCUT2D eigenvalue weighted by Gasteiger charge is -2.24. The zero-order chi connectivity index (χ0) is 17.9. The molecule has 0 aromatic carbocycles. The molecule has 1 atom stereocenters. The van der Waals surface area contributed by atoms with Crippen molar-refractivity contribution in [3.05, 3.63) is 17.0 Å². The van der Waals surface area contributed by atoms with Crippen LogP contribution in [0.25, 0.3) is 0 Å². The molecule has 1 amide bonds. The van der Waals surface area contributed by atoms with Gasteiger partial charge in [-0.25, -0.2) is 4.68 Å². The first kappa shape index (κ1) is 17.6. The molecule has 1 unspecified atom stereocenters. The Kier molecular flexibility index (Phi) is 5.19. The second kappa shape index (κ2) is 7.36. The molecule has 7 nitrogen and oxygen atoms in total. The molecule has 0 saturated carbocycles. The fraction of sp³-hybridized carbons (Fsp3) is 0.667. The number of hydrogen-bond donors (Lipinski definition) is 1. The van der Waals surface area contributed by atoms with Crippen LogP contribution in [-0.2, 0) is 4.74 Å². The third kappa shape index (κ3) is 3.90. The highest BCUT2D eigenvalue weighted by Crippen LogP contribution is 2.36. The lowest BCUT2D eigenvalue weighted by Crippen LogP contribution is -2.29. The minimum absolute atomic E-state index is 0.0647. The molecule has 1 N–H and O–H groups in total. The van der Waals surface area contributed by atoms with Gasteiger partial charge in [0.2, 0.25) is 0 Å². The summed E-state index contributed by atoms with van der Waals surface area (Å²) in [5.41, 5.74) is 1.84. The van der Waals surface area contributed by atoms with Crippen molar-refractivity contribution in [2.45, 2.75) is 64.3 Å². The zero-order valence-corrected chi connectivity index (χ0v) is 14.9. The first-order valence-electron chi connectivity index (χ1n) is 8.89. The van der Waals surface area contributed by atoms with Gasteiger partial charge in [-0.3, -0.25) is 4.79 Å². The van der Waals surface area contributed by atoms with Gasteiger partial charge in [0.05, 0.1) is 17.0 Å². The Hall–Kier alpha value is -2.20. The number of nitrogens with zero attached hydrogens (tertiary/aromatic N) is 4. The van der Waals surface area contributed by atoms with Gasteiger partial charge >= 0.3 is 0 Å². The summed E-state index contributed by atoms with van der Waals surface area (Å²) >= 11 is 0. The van der Waals surface area contributed by atoms with Crippen molar-refractivity contribution in [3.63, 3.8) is 0 Å². The van der Waals surface area contributed by atoms with Crippen molar-refractivity contribution < 1.29 is 9.53 Å². The minimum atomic E-state index is -0.371. The molecule has 0 spiro atoms. The van der Waals surface area contributed by atoms with Gasteiger partial charge < -0.3 is 10.1 Å². The second-order valence-corrected chi connectivity index (χ2v) is 6.70. The standard InChI is InChI=1S/C18H25N5O2/c1-4-5-9-18(21-22-18)10-11-19-17(24)16-13(2)20-23(14(16)3)15-8-6-7-12-25-15/h1,15H,5-12H2,2-3H3,(H,19,24). The van der Waals surface area contributed by atoms with E-state index in [1.54, 1.807) is 0 Å². The molecule has 134 valence electrons. The van der Waals surface area contributed by atoms with Gasteiger partial charge in [0.1, 0.15) is 6.23 Å². The van der Waals surface area contributed by atoms with Crippen molar-refractivity contribution in [1.29, 1.82) is 0 Å². The summed E-state index contributed by atoms with van der Waals surface area (Å²) in [7, 11) is 0. The van der Waals surface area contributed by atoms with Crippen LogP contribution in [0.4, 0.5) is 0 Å². The van der Waals surface area contributed by atoms with E-state index in [1.165, 1.54) is 0 Å². The molecule has 1 aromatic heterocycles. The zero-order valence-electron chi connectivity index (χ0n) is 14.9. The number of hydrogen-bond acceptors (Lipinski definition) is 5. The van der Waals surface area contributed by atoms with Gasteiger partial charge in [-0.1, -0.05) is 0 Å². The van der Waals surface area contributed by atoms with Gasteiger partial charge in [0.15, 0.2) is 5.66 Å². The lowest BCUT2D eigenvalue weighted by molar-refractivity contribution is -0.0408. The van der Waals surface area contributed by atoms with Crippen LogP contribution in [0.15, 0.2) is 10.2 Å². The number of carbonyl (C=O) groups is 1. The number of aromatic nitrogens is 2. The van der Waals surface area contributed by atoms with Crippen LogP contribution in [0.1, 0.15) is 66.5 Å². The monoisotopic (exact) mass is 343 g/mol. The average molecular weight is 343 g/mol. The molecule has 0 aliphatic carbocycles. The Bertz CT molecular complexity index is 704. The number of aryl methyl sites for hydroxylation is 1. The molecule has 2 aliphatic heterocycles. The number of carbonyl (C=O) groups excluding carboxylic acids is 1. The summed E-state index contributed by atoms with van der Waals surface area (Å²) in [6, 6.07) is 0. The quantitative estimate of drug-likeness (QED) is 0.773. The SMILES string of the molecule is C#CCCC1(CCNC(=O)c2c(C)nn(C3CCCCO3)c2C)N=N1. The van der Waals surface area contributed by atoms with Gasteiger partial charge in [0.25, 0.3) is 5.91 Å². The number of ether oxygens (including phenoxy) is 1. The van der Waals surface area contributed by atoms with Crippen LogP contribution in [0, 0.1) is 26.2 Å². The topological polar surface area (TPSA) is 80.9 Å². The van der Waals surface area contributed by atoms with E-state index in [0.717, 1.165) is 43.7 Å². The molecule has 1 fully saturated rings. The maximum absolute atomic E-state index is 12.6. The van der Waals surface area contributed by atoms with Crippen LogP contribution < -0.4 is 5.32 Å². The first-order chi connectivity index (χ1) is 12.1. The van der Waals surface area contributed by atoms with E-state index in [0.29, 0.717) is 24.9 Å². The minimum Gasteiger partial charge on any atom is -0.357 e. The molecular weight excluding hydrogens is 318 g/mol. The number of nitrogens with one attached hydrogen (secondary N) is 1. The largest absolute Gasteiger partial charge is 0.357 e. The van der Waals surface area contributed by atoms with Crippen molar-refractivity contribution >= 4 is 5.91 Å². The van der Waals surface area contributed by atoms with Crippen molar-refractivity contribution in [3.8, 4) is 12.3 Å². The van der Waals surface area contributed by atoms with Gasteiger partial charge in [-0.05, 0) is 33.1 Å². The molecule has 0 radical (unpaired) electrons. The smallest absolute Gasteiger partial charge is 0.255 e. The highest BCUT2D eigenvalue weighted by Gasteiger charge is 2.38. The molecule has 3 rings (SSSR count). The Labute approximate surface area is 148 Å². The normalized spacial score (nSPS) is 20.9. The summed E-state index contributed by atoms with van der Waals surface area (Å²) in [6.07, 6.45) is 10.4. The van der Waals surface area contributed by atoms with E-state index < -0.39 is 0 Å². The molecule has 7 heteroatoms. The summed E-state index contributed by atoms with van der Waals surface area (Å²) in [4.78, 5) is 12.6. The summed E-state index contributed by atoms with van der Waals surface area (Å²) in [5.74, 6) is 2.50. The summed E-state index contributed by atoms with van der Waals surface area (Å²) in [6.45, 7) is 5.05. The van der Waals surface area contributed by atoms with E-state index in [-0.39, 0.29) is 17.8 Å². The van der Waals surface area contributed by atoms with E-state index in [4.69, 9.17) is 11.2 Å². The van der Waals surface area contributed by atoms with E-state index >= 15 is 0 Å². The Morgan fingerprint density at radius 1 is 1.40 bits per heavy atom. The molecule has 1 aromatic rings. The summed E-state index contributed by atoms with van der Waals surface area (Å²) in [5, 5.41) is 15.7. The van der Waals surface area contributed by atoms with Crippen LogP contribution in [-0.4, -0.2) is 34.5 Å². The Balaban J connectivity index is 1.59. The highest BCUT2D eigenvalue weighted by atomic mass is 16.5. The number of terminal acetylenes is 1. The summed E-state index contributed by atoms with van der Waals surface area (Å²) < 4.78 is 7.64. The first-order valence-corrected chi connectivity index (χ1v) is 8.89. The molecule has 1 saturated heterocycles. The molecule has 0 bridgehead atoms. The van der Waals surface area contributed by atoms with Gasteiger partial charge in [0, 0.05) is 32.4 Å². The Morgan fingerprint density at radius 2 is 2.20 bits per heavy atom. The predicted molar refractivity (Wildman–Crippen MR) is 93.1 cm³/mol. The van der Waals surface area contributed by atoms with Gasteiger partial charge in [-0.2, -0.15) is 15.3 Å². The molecular formula is C18H25N5O2. The van der Waals surface area contributed by atoms with Crippen LogP contribution >= 0.6 is 0 Å². The fourth-order valence-corrected chi connectivity index (χ4v) is 3.32. The van der Waals surface area contributed by atoms with E-state index in [9.17, 15) is 4.79 Å². The third-order valence-electron chi connectivity index (χ3n) is 4.84. The van der Waals surface area contributed by atoms with Crippen LogP contribution in [0.2, 0.25) is 0 Å². The van der Waals surface area contributed by atoms with Gasteiger partial charge in [-0.15, -0.1) is 12.3 Å². The Morgan fingerprint density at radius 3 is 2.84 bits per heavy atom. The van der Waals surface area contributed by atoms with E-state index in [1.807, 2.05) is 18.5 Å². The maximum Gasteiger partial charge on any atom is 0.255 e. The second-order valence-electron chi connectivity index (χ2n) is 6.70. The molecule has 25 heavy (non-hydrogen) atoms. The third-order valence-corrected chi connectivity index (χ3v) is 4.84. The van der Waals surface area contributed by atoms with Crippen LogP contribution in [0.3, 0.4) is 0 Å². The van der Waals surface area contributed by atoms with Crippen molar-refractivity contribution in [1.82, 2.24) is 15.1 Å². The fourth-order valence-electron chi connectivity index (χ4n) is 3.32. The average Bonchev–Trinajstić information content (AvgIpc) is 3.32. The lowest BCUT2D eigenvalue weighted by atomic mass is 10.0. The number of rotatable bonds is 7. The predicted octanol–water partition coefficient (Wildman–Crippen LogP) is 2.89. The maximum atomic E-state index is 12.6. The van der Waals surface area contributed by atoms with Crippen LogP contribution in [0.5, 0.6) is 0 Å². The van der Waals surface area contributed by atoms with Crippen molar-refractivity contribution in [2.24, 2.45) is 10.2 Å². The van der Waals surface area contributed by atoms with E-state index in [2.05, 4.69) is 26.6 Å². The molecule has 2 aliphatic rings.